The first-order valence-corrected chi connectivity index (χ1v) is 9.54. The number of thiophene rings is 1. The quantitative estimate of drug-likeness (QED) is 0.468. The molecule has 0 aliphatic heterocycles. The number of nitrogens with zero attached hydrogens (tertiary/aromatic N) is 2. The van der Waals surface area contributed by atoms with Crippen molar-refractivity contribution in [2.45, 2.75) is 13.5 Å². The van der Waals surface area contributed by atoms with Gasteiger partial charge >= 0.3 is 0 Å². The van der Waals surface area contributed by atoms with Crippen LogP contribution in [0.1, 0.15) is 16.6 Å². The molecule has 120 valence electrons. The van der Waals surface area contributed by atoms with Crippen LogP contribution in [0.3, 0.4) is 0 Å². The van der Waals surface area contributed by atoms with E-state index >= 15 is 0 Å². The third kappa shape index (κ3) is 2.59. The lowest BCUT2D eigenvalue weighted by molar-refractivity contribution is 0.100. The zero-order valence-corrected chi connectivity index (χ0v) is 15.2. The molecule has 24 heavy (non-hydrogen) atoms. The van der Waals surface area contributed by atoms with Gasteiger partial charge in [-0.1, -0.05) is 53.3 Å². The number of halogens is 1. The SMILES string of the molecule is CCn1c(=NC(=O)c2ccc(Cl)s2)sc2c3ccccc3ccc21. The van der Waals surface area contributed by atoms with E-state index in [2.05, 4.69) is 40.7 Å². The van der Waals surface area contributed by atoms with Crippen molar-refractivity contribution in [1.82, 2.24) is 4.57 Å². The zero-order chi connectivity index (χ0) is 16.7. The number of hydrogen-bond acceptors (Lipinski definition) is 3. The number of aryl methyl sites for hydroxylation is 1. The van der Waals surface area contributed by atoms with E-state index in [1.807, 2.05) is 12.1 Å². The molecule has 0 atom stereocenters. The van der Waals surface area contributed by atoms with Crippen LogP contribution in [0.2, 0.25) is 4.34 Å². The Morgan fingerprint density at radius 1 is 1.12 bits per heavy atom. The summed E-state index contributed by atoms with van der Waals surface area (Å²) in [5.41, 5.74) is 1.11. The maximum atomic E-state index is 12.4. The van der Waals surface area contributed by atoms with Gasteiger partial charge in [0.15, 0.2) is 4.80 Å². The Kier molecular flexibility index (Phi) is 4.00. The minimum absolute atomic E-state index is 0.245. The molecular formula is C18H13ClN2OS2. The maximum Gasteiger partial charge on any atom is 0.289 e. The summed E-state index contributed by atoms with van der Waals surface area (Å²) in [5.74, 6) is -0.245. The lowest BCUT2D eigenvalue weighted by Crippen LogP contribution is -2.15. The van der Waals surface area contributed by atoms with Gasteiger partial charge in [-0.05, 0) is 30.5 Å². The normalized spacial score (nSPS) is 12.3. The Morgan fingerprint density at radius 3 is 2.71 bits per heavy atom. The number of fused-ring (bicyclic) bond motifs is 3. The van der Waals surface area contributed by atoms with Gasteiger partial charge in [0.25, 0.3) is 5.91 Å². The predicted molar refractivity (Wildman–Crippen MR) is 102 cm³/mol. The fourth-order valence-electron chi connectivity index (χ4n) is 2.76. The molecule has 1 amide bonds. The fraction of sp³-hybridized carbons (Fsp3) is 0.111. The van der Waals surface area contributed by atoms with Gasteiger partial charge in [-0.3, -0.25) is 4.79 Å². The third-order valence-electron chi connectivity index (χ3n) is 3.87. The number of amides is 1. The molecule has 0 aliphatic carbocycles. The van der Waals surface area contributed by atoms with E-state index in [1.165, 1.54) is 22.1 Å². The summed E-state index contributed by atoms with van der Waals surface area (Å²) in [5, 5.41) is 2.38. The summed E-state index contributed by atoms with van der Waals surface area (Å²) in [6.45, 7) is 2.82. The molecule has 2 heterocycles. The third-order valence-corrected chi connectivity index (χ3v) is 6.22. The zero-order valence-electron chi connectivity index (χ0n) is 12.8. The van der Waals surface area contributed by atoms with Crippen molar-refractivity contribution in [2.75, 3.05) is 0 Å². The highest BCUT2D eigenvalue weighted by Crippen LogP contribution is 2.28. The standard InChI is InChI=1S/C18H13ClN2OS2/c1-2-21-13-8-7-11-5-3-4-6-12(11)16(13)24-18(21)20-17(22)14-9-10-15(19)23-14/h3-10H,2H2,1H3. The van der Waals surface area contributed by atoms with Gasteiger partial charge in [0.1, 0.15) is 0 Å². The molecule has 0 saturated heterocycles. The predicted octanol–water partition coefficient (Wildman–Crippen LogP) is 5.33. The maximum absolute atomic E-state index is 12.4. The molecular weight excluding hydrogens is 360 g/mol. The average Bonchev–Trinajstić information content (AvgIpc) is 3.18. The van der Waals surface area contributed by atoms with E-state index < -0.39 is 0 Å². The smallest absolute Gasteiger partial charge is 0.289 e. The van der Waals surface area contributed by atoms with Crippen LogP contribution in [0.25, 0.3) is 21.0 Å². The second kappa shape index (κ2) is 6.16. The molecule has 0 saturated carbocycles. The van der Waals surface area contributed by atoms with Crippen LogP contribution in [0.5, 0.6) is 0 Å². The number of hydrogen-bond donors (Lipinski definition) is 0. The summed E-state index contributed by atoms with van der Waals surface area (Å²) in [6, 6.07) is 15.9. The molecule has 6 heteroatoms. The van der Waals surface area contributed by atoms with Gasteiger partial charge in [0.05, 0.1) is 19.4 Å². The molecule has 3 nitrogen and oxygen atoms in total. The number of thiazole rings is 1. The van der Waals surface area contributed by atoms with E-state index in [0.29, 0.717) is 9.21 Å². The van der Waals surface area contributed by atoms with E-state index in [1.54, 1.807) is 23.5 Å². The average molecular weight is 373 g/mol. The van der Waals surface area contributed by atoms with Crippen molar-refractivity contribution in [2.24, 2.45) is 4.99 Å². The van der Waals surface area contributed by atoms with Crippen LogP contribution < -0.4 is 4.80 Å². The van der Waals surface area contributed by atoms with E-state index in [9.17, 15) is 4.79 Å². The molecule has 0 aliphatic rings. The lowest BCUT2D eigenvalue weighted by atomic mass is 10.1. The minimum atomic E-state index is -0.245. The largest absolute Gasteiger partial charge is 0.317 e. The molecule has 0 radical (unpaired) electrons. The number of benzene rings is 2. The molecule has 0 spiro atoms. The van der Waals surface area contributed by atoms with Gasteiger partial charge in [-0.25, -0.2) is 0 Å². The fourth-order valence-corrected chi connectivity index (χ4v) is 4.92. The Labute approximate surface area is 151 Å². The van der Waals surface area contributed by atoms with Crippen molar-refractivity contribution in [3.8, 4) is 0 Å². The first-order valence-electron chi connectivity index (χ1n) is 7.53. The molecule has 0 unspecified atom stereocenters. The highest BCUT2D eigenvalue weighted by molar-refractivity contribution is 7.18. The van der Waals surface area contributed by atoms with Crippen molar-refractivity contribution in [3.05, 3.63) is 62.5 Å². The van der Waals surface area contributed by atoms with Gasteiger partial charge in [0.2, 0.25) is 0 Å². The van der Waals surface area contributed by atoms with Crippen LogP contribution in [0.4, 0.5) is 0 Å². The van der Waals surface area contributed by atoms with Crippen LogP contribution in [0, 0.1) is 0 Å². The molecule has 0 bridgehead atoms. The molecule has 4 aromatic rings. The van der Waals surface area contributed by atoms with Crippen LogP contribution >= 0.6 is 34.3 Å². The van der Waals surface area contributed by atoms with Crippen molar-refractivity contribution in [3.63, 3.8) is 0 Å². The second-order valence-corrected chi connectivity index (χ2v) is 7.98. The van der Waals surface area contributed by atoms with Gasteiger partial charge < -0.3 is 4.57 Å². The number of rotatable bonds is 2. The molecule has 0 fully saturated rings. The van der Waals surface area contributed by atoms with E-state index in [-0.39, 0.29) is 5.91 Å². The Balaban J connectivity index is 1.96. The van der Waals surface area contributed by atoms with Gasteiger partial charge in [-0.2, -0.15) is 4.99 Å². The van der Waals surface area contributed by atoms with Crippen molar-refractivity contribution in [1.29, 1.82) is 0 Å². The molecule has 2 aromatic heterocycles. The monoisotopic (exact) mass is 372 g/mol. The Bertz CT molecular complexity index is 1140. The first kappa shape index (κ1) is 15.6. The summed E-state index contributed by atoms with van der Waals surface area (Å²) in [7, 11) is 0. The molecule has 4 rings (SSSR count). The first-order chi connectivity index (χ1) is 11.7. The van der Waals surface area contributed by atoms with Gasteiger partial charge in [-0.15, -0.1) is 11.3 Å². The number of carbonyl (C=O) groups is 1. The summed E-state index contributed by atoms with van der Waals surface area (Å²) >= 11 is 8.73. The highest BCUT2D eigenvalue weighted by atomic mass is 35.5. The van der Waals surface area contributed by atoms with Crippen molar-refractivity contribution < 1.29 is 4.79 Å². The topological polar surface area (TPSA) is 34.4 Å². The highest BCUT2D eigenvalue weighted by Gasteiger charge is 2.11. The second-order valence-electron chi connectivity index (χ2n) is 5.28. The lowest BCUT2D eigenvalue weighted by Gasteiger charge is -2.02. The minimum Gasteiger partial charge on any atom is -0.317 e. The molecule has 2 aromatic carbocycles. The van der Waals surface area contributed by atoms with Crippen LogP contribution in [-0.4, -0.2) is 10.5 Å². The van der Waals surface area contributed by atoms with E-state index in [4.69, 9.17) is 11.6 Å². The number of aromatic nitrogens is 1. The Hall–Kier alpha value is -1.95. The van der Waals surface area contributed by atoms with E-state index in [0.717, 1.165) is 21.6 Å². The Morgan fingerprint density at radius 2 is 1.96 bits per heavy atom. The summed E-state index contributed by atoms with van der Waals surface area (Å²) in [4.78, 5) is 18.0. The van der Waals surface area contributed by atoms with Crippen LogP contribution in [-0.2, 0) is 6.54 Å². The summed E-state index contributed by atoms with van der Waals surface area (Å²) < 4.78 is 3.84. The summed E-state index contributed by atoms with van der Waals surface area (Å²) in [6.07, 6.45) is 0. The number of carbonyl (C=O) groups excluding carboxylic acids is 1. The van der Waals surface area contributed by atoms with Gasteiger partial charge in [0, 0.05) is 11.9 Å². The van der Waals surface area contributed by atoms with Crippen LogP contribution in [0.15, 0.2) is 53.5 Å². The molecule has 0 N–H and O–H groups in total. The van der Waals surface area contributed by atoms with Crippen molar-refractivity contribution >= 4 is 61.2 Å².